The number of hydrogen-bond acceptors (Lipinski definition) is 3. The standard InChI is InChI=1S/C19H24FN3O2/c1-5-25-17-9-7-15(11-18(17)24-4)23-19(21-3)22-12-14-6-8-16(20)13(2)10-14/h6-11H,5,12H2,1-4H3,(H2,21,22,23). The van der Waals surface area contributed by atoms with Crippen molar-refractivity contribution < 1.29 is 13.9 Å². The molecule has 2 aromatic carbocycles. The Labute approximate surface area is 147 Å². The van der Waals surface area contributed by atoms with Gasteiger partial charge < -0.3 is 20.1 Å². The fourth-order valence-corrected chi connectivity index (χ4v) is 2.34. The maximum atomic E-state index is 13.3. The van der Waals surface area contributed by atoms with E-state index < -0.39 is 0 Å². The minimum Gasteiger partial charge on any atom is -0.493 e. The zero-order chi connectivity index (χ0) is 18.2. The van der Waals surface area contributed by atoms with Gasteiger partial charge in [0.05, 0.1) is 13.7 Å². The Hall–Kier alpha value is -2.76. The van der Waals surface area contributed by atoms with Crippen LogP contribution in [-0.4, -0.2) is 26.7 Å². The molecule has 0 fully saturated rings. The summed E-state index contributed by atoms with van der Waals surface area (Å²) >= 11 is 0. The van der Waals surface area contributed by atoms with Crippen LogP contribution < -0.4 is 20.1 Å². The fourth-order valence-electron chi connectivity index (χ4n) is 2.34. The summed E-state index contributed by atoms with van der Waals surface area (Å²) in [4.78, 5) is 4.20. The van der Waals surface area contributed by atoms with E-state index in [1.165, 1.54) is 6.07 Å². The molecule has 0 spiro atoms. The second kappa shape index (κ2) is 8.92. The van der Waals surface area contributed by atoms with Gasteiger partial charge in [0.25, 0.3) is 0 Å². The number of halogens is 1. The molecule has 0 aliphatic heterocycles. The van der Waals surface area contributed by atoms with Crippen molar-refractivity contribution in [1.29, 1.82) is 0 Å². The highest BCUT2D eigenvalue weighted by Gasteiger charge is 2.07. The molecule has 0 aliphatic rings. The first-order chi connectivity index (χ1) is 12.1. The number of nitrogens with zero attached hydrogens (tertiary/aromatic N) is 1. The predicted octanol–water partition coefficient (Wildman–Crippen LogP) is 3.73. The van der Waals surface area contributed by atoms with Crippen LogP contribution in [0.4, 0.5) is 10.1 Å². The molecule has 2 rings (SSSR count). The number of benzene rings is 2. The maximum absolute atomic E-state index is 13.3. The lowest BCUT2D eigenvalue weighted by Crippen LogP contribution is -2.30. The smallest absolute Gasteiger partial charge is 0.195 e. The van der Waals surface area contributed by atoms with Crippen LogP contribution in [0, 0.1) is 12.7 Å². The molecule has 25 heavy (non-hydrogen) atoms. The van der Waals surface area contributed by atoms with Crippen molar-refractivity contribution in [3.05, 3.63) is 53.3 Å². The monoisotopic (exact) mass is 345 g/mol. The number of methoxy groups -OCH3 is 1. The van der Waals surface area contributed by atoms with Gasteiger partial charge in [-0.2, -0.15) is 0 Å². The molecule has 0 unspecified atom stereocenters. The quantitative estimate of drug-likeness (QED) is 0.619. The zero-order valence-corrected chi connectivity index (χ0v) is 15.0. The van der Waals surface area contributed by atoms with Crippen LogP contribution in [0.2, 0.25) is 0 Å². The minimum absolute atomic E-state index is 0.201. The summed E-state index contributed by atoms with van der Waals surface area (Å²) in [6.07, 6.45) is 0. The normalized spacial score (nSPS) is 11.2. The van der Waals surface area contributed by atoms with E-state index in [4.69, 9.17) is 9.47 Å². The highest BCUT2D eigenvalue weighted by molar-refractivity contribution is 5.93. The lowest BCUT2D eigenvalue weighted by Gasteiger charge is -2.15. The molecule has 5 nitrogen and oxygen atoms in total. The molecular weight excluding hydrogens is 321 g/mol. The third-order valence-electron chi connectivity index (χ3n) is 3.63. The average Bonchev–Trinajstić information content (AvgIpc) is 2.62. The van der Waals surface area contributed by atoms with Gasteiger partial charge in [-0.25, -0.2) is 4.39 Å². The Morgan fingerprint density at radius 2 is 1.96 bits per heavy atom. The van der Waals surface area contributed by atoms with Crippen LogP contribution in [0.1, 0.15) is 18.1 Å². The Kier molecular flexibility index (Phi) is 6.62. The molecule has 6 heteroatoms. The summed E-state index contributed by atoms with van der Waals surface area (Å²) in [5, 5.41) is 6.40. The summed E-state index contributed by atoms with van der Waals surface area (Å²) < 4.78 is 24.2. The highest BCUT2D eigenvalue weighted by atomic mass is 19.1. The van der Waals surface area contributed by atoms with Gasteiger partial charge in [0.15, 0.2) is 17.5 Å². The number of aliphatic imine (C=N–C) groups is 1. The number of hydrogen-bond donors (Lipinski definition) is 2. The van der Waals surface area contributed by atoms with Gasteiger partial charge in [0.2, 0.25) is 0 Å². The molecule has 0 saturated carbocycles. The second-order valence-electron chi connectivity index (χ2n) is 5.43. The van der Waals surface area contributed by atoms with Gasteiger partial charge >= 0.3 is 0 Å². The highest BCUT2D eigenvalue weighted by Crippen LogP contribution is 2.30. The largest absolute Gasteiger partial charge is 0.493 e. The molecule has 134 valence electrons. The molecule has 0 bridgehead atoms. The van der Waals surface area contributed by atoms with Gasteiger partial charge in [-0.05, 0) is 43.2 Å². The summed E-state index contributed by atoms with van der Waals surface area (Å²) in [6.45, 7) is 4.78. The number of aryl methyl sites for hydroxylation is 1. The zero-order valence-electron chi connectivity index (χ0n) is 15.0. The van der Waals surface area contributed by atoms with Crippen molar-refractivity contribution in [2.24, 2.45) is 4.99 Å². The first kappa shape index (κ1) is 18.6. The molecular formula is C19H24FN3O2. The van der Waals surface area contributed by atoms with Crippen molar-refractivity contribution in [2.45, 2.75) is 20.4 Å². The van der Waals surface area contributed by atoms with Crippen molar-refractivity contribution >= 4 is 11.6 Å². The van der Waals surface area contributed by atoms with Crippen LogP contribution >= 0.6 is 0 Å². The predicted molar refractivity (Wildman–Crippen MR) is 99.1 cm³/mol. The molecule has 0 saturated heterocycles. The van der Waals surface area contributed by atoms with E-state index in [0.29, 0.717) is 36.2 Å². The van der Waals surface area contributed by atoms with Gasteiger partial charge in [0.1, 0.15) is 5.82 Å². The fraction of sp³-hybridized carbons (Fsp3) is 0.316. The summed E-state index contributed by atoms with van der Waals surface area (Å²) in [6, 6.07) is 10.6. The summed E-state index contributed by atoms with van der Waals surface area (Å²) in [5.41, 5.74) is 2.42. The number of anilines is 1. The molecule has 0 heterocycles. The van der Waals surface area contributed by atoms with Crippen molar-refractivity contribution in [2.75, 3.05) is 26.1 Å². The van der Waals surface area contributed by atoms with E-state index in [1.54, 1.807) is 27.1 Å². The average molecular weight is 345 g/mol. The van der Waals surface area contributed by atoms with E-state index in [2.05, 4.69) is 15.6 Å². The topological polar surface area (TPSA) is 54.9 Å². The molecule has 2 aromatic rings. The molecule has 0 aromatic heterocycles. The first-order valence-corrected chi connectivity index (χ1v) is 8.11. The van der Waals surface area contributed by atoms with Gasteiger partial charge in [-0.15, -0.1) is 0 Å². The van der Waals surface area contributed by atoms with Crippen molar-refractivity contribution in [3.8, 4) is 11.5 Å². The summed E-state index contributed by atoms with van der Waals surface area (Å²) in [5.74, 6) is 1.75. The minimum atomic E-state index is -0.201. The Balaban J connectivity index is 2.03. The maximum Gasteiger partial charge on any atom is 0.195 e. The van der Waals surface area contributed by atoms with Crippen molar-refractivity contribution in [3.63, 3.8) is 0 Å². The van der Waals surface area contributed by atoms with Crippen molar-refractivity contribution in [1.82, 2.24) is 5.32 Å². The van der Waals surface area contributed by atoms with Crippen LogP contribution in [-0.2, 0) is 6.54 Å². The van der Waals surface area contributed by atoms with Crippen LogP contribution in [0.5, 0.6) is 11.5 Å². The van der Waals surface area contributed by atoms with Crippen LogP contribution in [0.3, 0.4) is 0 Å². The first-order valence-electron chi connectivity index (χ1n) is 8.11. The molecule has 0 atom stereocenters. The lowest BCUT2D eigenvalue weighted by atomic mass is 10.1. The van der Waals surface area contributed by atoms with E-state index in [-0.39, 0.29) is 5.82 Å². The van der Waals surface area contributed by atoms with E-state index >= 15 is 0 Å². The number of nitrogens with one attached hydrogen (secondary N) is 2. The lowest BCUT2D eigenvalue weighted by molar-refractivity contribution is 0.311. The van der Waals surface area contributed by atoms with E-state index in [0.717, 1.165) is 11.3 Å². The van der Waals surface area contributed by atoms with Gasteiger partial charge in [-0.3, -0.25) is 4.99 Å². The molecule has 0 amide bonds. The SMILES string of the molecule is CCOc1ccc(NC(=NC)NCc2ccc(F)c(C)c2)cc1OC. The Morgan fingerprint density at radius 3 is 2.60 bits per heavy atom. The van der Waals surface area contributed by atoms with Gasteiger partial charge in [-0.1, -0.05) is 12.1 Å². The van der Waals surface area contributed by atoms with Crippen LogP contribution in [0.15, 0.2) is 41.4 Å². The number of ether oxygens (including phenoxy) is 2. The third kappa shape index (κ3) is 5.11. The van der Waals surface area contributed by atoms with E-state index in [9.17, 15) is 4.39 Å². The molecule has 0 aliphatic carbocycles. The third-order valence-corrected chi connectivity index (χ3v) is 3.63. The Bertz CT molecular complexity index is 747. The second-order valence-corrected chi connectivity index (χ2v) is 5.43. The van der Waals surface area contributed by atoms with Gasteiger partial charge in [0, 0.05) is 25.3 Å². The summed E-state index contributed by atoms with van der Waals surface area (Å²) in [7, 11) is 3.29. The number of guanidine groups is 1. The molecule has 0 radical (unpaired) electrons. The van der Waals surface area contributed by atoms with Crippen LogP contribution in [0.25, 0.3) is 0 Å². The Morgan fingerprint density at radius 1 is 1.16 bits per heavy atom. The number of rotatable bonds is 6. The molecule has 2 N–H and O–H groups in total. The van der Waals surface area contributed by atoms with E-state index in [1.807, 2.05) is 31.2 Å².